The van der Waals surface area contributed by atoms with Crippen LogP contribution < -0.4 is 15.4 Å². The summed E-state index contributed by atoms with van der Waals surface area (Å²) in [7, 11) is 1.33. The summed E-state index contributed by atoms with van der Waals surface area (Å²) in [5, 5.41) is 6.57. The minimum atomic E-state index is -0.413. The number of hydrogen-bond acceptors (Lipinski definition) is 5. The van der Waals surface area contributed by atoms with Crippen molar-refractivity contribution in [2.75, 3.05) is 25.5 Å². The first-order valence-corrected chi connectivity index (χ1v) is 10.1. The zero-order valence-corrected chi connectivity index (χ0v) is 17.8. The average molecular weight is 439 g/mol. The zero-order valence-electron chi connectivity index (χ0n) is 17.1. The van der Waals surface area contributed by atoms with Gasteiger partial charge in [0.05, 0.1) is 19.2 Å². The number of ether oxygens (including phenoxy) is 2. The van der Waals surface area contributed by atoms with Gasteiger partial charge in [-0.3, -0.25) is 4.79 Å². The highest BCUT2D eigenvalue weighted by Gasteiger charge is 2.06. The average Bonchev–Trinajstić information content (AvgIpc) is 2.79. The van der Waals surface area contributed by atoms with Crippen LogP contribution in [0, 0.1) is 0 Å². The molecule has 31 heavy (non-hydrogen) atoms. The molecule has 2 N–H and O–H groups in total. The van der Waals surface area contributed by atoms with E-state index in [2.05, 4.69) is 15.4 Å². The fourth-order valence-corrected chi connectivity index (χ4v) is 2.94. The summed E-state index contributed by atoms with van der Waals surface area (Å²) in [6.45, 7) is 0.850. The molecule has 1 amide bonds. The van der Waals surface area contributed by atoms with Crippen molar-refractivity contribution < 1.29 is 19.1 Å². The van der Waals surface area contributed by atoms with E-state index in [1.807, 2.05) is 36.4 Å². The van der Waals surface area contributed by atoms with Crippen LogP contribution in [-0.2, 0) is 16.0 Å². The lowest BCUT2D eigenvalue weighted by molar-refractivity contribution is -0.115. The lowest BCUT2D eigenvalue weighted by Gasteiger charge is -2.09. The molecule has 0 heterocycles. The number of carbonyl (C=O) groups is 2. The van der Waals surface area contributed by atoms with Crippen LogP contribution in [0.4, 0.5) is 5.69 Å². The fourth-order valence-electron chi connectivity index (χ4n) is 2.81. The molecule has 0 aromatic heterocycles. The Bertz CT molecular complexity index is 1000. The molecule has 0 aliphatic rings. The van der Waals surface area contributed by atoms with Gasteiger partial charge in [0.1, 0.15) is 11.5 Å². The number of rotatable bonds is 9. The molecule has 0 unspecified atom stereocenters. The molecule has 160 valence electrons. The largest absolute Gasteiger partial charge is 0.465 e. The molecular weight excluding hydrogens is 416 g/mol. The normalized spacial score (nSPS) is 10.4. The van der Waals surface area contributed by atoms with Crippen molar-refractivity contribution >= 4 is 29.2 Å². The third kappa shape index (κ3) is 7.13. The third-order valence-electron chi connectivity index (χ3n) is 4.44. The number of nitrogens with one attached hydrogen (secondary N) is 2. The smallest absolute Gasteiger partial charge is 0.337 e. The molecule has 0 radical (unpaired) electrons. The first kappa shape index (κ1) is 22.3. The summed E-state index contributed by atoms with van der Waals surface area (Å²) in [6, 6.07) is 21.6. The summed E-state index contributed by atoms with van der Waals surface area (Å²) in [5.41, 5.74) is 2.19. The van der Waals surface area contributed by atoms with Gasteiger partial charge in [0, 0.05) is 10.7 Å². The predicted molar refractivity (Wildman–Crippen MR) is 121 cm³/mol. The van der Waals surface area contributed by atoms with Crippen LogP contribution in [0.25, 0.3) is 0 Å². The van der Waals surface area contributed by atoms with E-state index in [4.69, 9.17) is 16.3 Å². The minimum absolute atomic E-state index is 0.155. The van der Waals surface area contributed by atoms with Crippen molar-refractivity contribution in [1.29, 1.82) is 0 Å². The van der Waals surface area contributed by atoms with E-state index in [-0.39, 0.29) is 12.5 Å². The molecule has 0 aliphatic heterocycles. The van der Waals surface area contributed by atoms with Crippen LogP contribution >= 0.6 is 11.6 Å². The Kier molecular flexibility index (Phi) is 8.04. The van der Waals surface area contributed by atoms with E-state index in [1.54, 1.807) is 36.4 Å². The maximum absolute atomic E-state index is 12.0. The van der Waals surface area contributed by atoms with E-state index in [0.29, 0.717) is 22.8 Å². The number of anilines is 1. The summed E-state index contributed by atoms with van der Waals surface area (Å²) in [5.74, 6) is 0.906. The van der Waals surface area contributed by atoms with E-state index >= 15 is 0 Å². The Morgan fingerprint density at radius 3 is 2.10 bits per heavy atom. The molecule has 0 bridgehead atoms. The number of hydrogen-bond donors (Lipinski definition) is 2. The lowest BCUT2D eigenvalue weighted by atomic mass is 10.1. The molecule has 0 fully saturated rings. The first-order chi connectivity index (χ1) is 15.0. The molecule has 0 saturated heterocycles. The summed E-state index contributed by atoms with van der Waals surface area (Å²) in [6.07, 6.45) is 0.780. The van der Waals surface area contributed by atoms with Gasteiger partial charge in [-0.05, 0) is 79.2 Å². The summed E-state index contributed by atoms with van der Waals surface area (Å²) in [4.78, 5) is 23.5. The molecule has 3 aromatic rings. The van der Waals surface area contributed by atoms with Gasteiger partial charge in [0.25, 0.3) is 0 Å². The second-order valence-corrected chi connectivity index (χ2v) is 7.18. The number of amides is 1. The van der Waals surface area contributed by atoms with Crippen LogP contribution in [0.3, 0.4) is 0 Å². The van der Waals surface area contributed by atoms with Crippen LogP contribution in [0.5, 0.6) is 11.5 Å². The second-order valence-electron chi connectivity index (χ2n) is 6.74. The summed E-state index contributed by atoms with van der Waals surface area (Å²) < 4.78 is 10.4. The molecule has 0 aliphatic carbocycles. The Labute approximate surface area is 186 Å². The van der Waals surface area contributed by atoms with Gasteiger partial charge in [-0.15, -0.1) is 0 Å². The van der Waals surface area contributed by atoms with Gasteiger partial charge in [-0.2, -0.15) is 0 Å². The van der Waals surface area contributed by atoms with Crippen molar-refractivity contribution in [3.05, 3.63) is 88.9 Å². The van der Waals surface area contributed by atoms with E-state index in [0.717, 1.165) is 23.5 Å². The van der Waals surface area contributed by atoms with Crippen LogP contribution in [0.1, 0.15) is 15.9 Å². The number of halogens is 1. The van der Waals surface area contributed by atoms with Gasteiger partial charge in [-0.25, -0.2) is 4.79 Å². The van der Waals surface area contributed by atoms with Gasteiger partial charge in [0.15, 0.2) is 0 Å². The Balaban J connectivity index is 1.37. The molecule has 7 heteroatoms. The number of carbonyl (C=O) groups excluding carboxylic acids is 2. The van der Waals surface area contributed by atoms with E-state index in [9.17, 15) is 9.59 Å². The van der Waals surface area contributed by atoms with Crippen molar-refractivity contribution in [1.82, 2.24) is 5.32 Å². The Morgan fingerprint density at radius 1 is 0.871 bits per heavy atom. The van der Waals surface area contributed by atoms with E-state index in [1.165, 1.54) is 7.11 Å². The molecule has 0 saturated carbocycles. The Hall–Kier alpha value is -3.35. The van der Waals surface area contributed by atoms with Crippen LogP contribution in [0.15, 0.2) is 72.8 Å². The number of benzene rings is 3. The van der Waals surface area contributed by atoms with Crippen molar-refractivity contribution in [2.45, 2.75) is 6.42 Å². The molecule has 0 atom stereocenters. The van der Waals surface area contributed by atoms with Crippen LogP contribution in [0.2, 0.25) is 5.02 Å². The summed E-state index contributed by atoms with van der Waals surface area (Å²) >= 11 is 5.87. The highest BCUT2D eigenvalue weighted by atomic mass is 35.5. The first-order valence-electron chi connectivity index (χ1n) is 9.75. The highest BCUT2D eigenvalue weighted by molar-refractivity contribution is 6.30. The molecule has 6 nitrogen and oxygen atoms in total. The van der Waals surface area contributed by atoms with Gasteiger partial charge < -0.3 is 20.1 Å². The lowest BCUT2D eigenvalue weighted by Crippen LogP contribution is -2.29. The topological polar surface area (TPSA) is 76.7 Å². The SMILES string of the molecule is COC(=O)c1ccc(NC(=O)CNCCc2ccc(Oc3ccc(Cl)cc3)cc2)cc1. The van der Waals surface area contributed by atoms with Crippen molar-refractivity contribution in [2.24, 2.45) is 0 Å². The standard InChI is InChI=1S/C24H23ClN2O4/c1-30-24(29)18-4-8-20(9-5-18)27-23(28)16-26-15-14-17-2-10-21(11-3-17)31-22-12-6-19(25)7-13-22/h2-13,26H,14-16H2,1H3,(H,27,28). The maximum atomic E-state index is 12.0. The predicted octanol–water partition coefficient (Wildman–Crippen LogP) is 4.69. The van der Waals surface area contributed by atoms with Gasteiger partial charge >= 0.3 is 5.97 Å². The third-order valence-corrected chi connectivity index (χ3v) is 4.69. The highest BCUT2D eigenvalue weighted by Crippen LogP contribution is 2.23. The fraction of sp³-hybridized carbons (Fsp3) is 0.167. The van der Waals surface area contributed by atoms with E-state index < -0.39 is 5.97 Å². The minimum Gasteiger partial charge on any atom is -0.465 e. The van der Waals surface area contributed by atoms with Gasteiger partial charge in [0.2, 0.25) is 5.91 Å². The van der Waals surface area contributed by atoms with Crippen molar-refractivity contribution in [3.8, 4) is 11.5 Å². The van der Waals surface area contributed by atoms with Gasteiger partial charge in [-0.1, -0.05) is 23.7 Å². The molecule has 3 aromatic carbocycles. The monoisotopic (exact) mass is 438 g/mol. The maximum Gasteiger partial charge on any atom is 0.337 e. The molecular formula is C24H23ClN2O4. The number of methoxy groups -OCH3 is 1. The van der Waals surface area contributed by atoms with Crippen molar-refractivity contribution in [3.63, 3.8) is 0 Å². The zero-order chi connectivity index (χ0) is 22.1. The molecule has 0 spiro atoms. The quantitative estimate of drug-likeness (QED) is 0.374. The van der Waals surface area contributed by atoms with Crippen LogP contribution in [-0.4, -0.2) is 32.1 Å². The molecule has 3 rings (SSSR count). The number of esters is 1. The Morgan fingerprint density at radius 2 is 1.48 bits per heavy atom. The second kappa shape index (κ2) is 11.2.